The van der Waals surface area contributed by atoms with Gasteiger partial charge in [0.05, 0.1) is 5.54 Å². The fraction of sp³-hybridized carbons (Fsp3) is 0.286. The summed E-state index contributed by atoms with van der Waals surface area (Å²) in [6.45, 7) is 3.04. The van der Waals surface area contributed by atoms with Gasteiger partial charge in [-0.25, -0.2) is 0 Å². The molecule has 2 aliphatic rings. The first-order valence-corrected chi connectivity index (χ1v) is 8.68. The van der Waals surface area contributed by atoms with Crippen molar-refractivity contribution >= 4 is 16.8 Å². The molecule has 1 saturated heterocycles. The highest BCUT2D eigenvalue weighted by Gasteiger charge is 2.45. The molecule has 0 spiro atoms. The van der Waals surface area contributed by atoms with Crippen LogP contribution in [0, 0.1) is 0 Å². The third kappa shape index (κ3) is 1.70. The summed E-state index contributed by atoms with van der Waals surface area (Å²) in [6.07, 6.45) is 2.48. The number of benzene rings is 2. The van der Waals surface area contributed by atoms with Crippen molar-refractivity contribution < 1.29 is 4.79 Å². The highest BCUT2D eigenvalue weighted by Crippen LogP contribution is 2.46. The summed E-state index contributed by atoms with van der Waals surface area (Å²) in [7, 11) is 0. The first kappa shape index (κ1) is 13.8. The number of aromatic nitrogens is 1. The third-order valence-corrected chi connectivity index (χ3v) is 5.88. The number of carbonyl (C=O) groups is 1. The molecule has 1 aromatic heterocycles. The van der Waals surface area contributed by atoms with Gasteiger partial charge in [0.15, 0.2) is 0 Å². The minimum absolute atomic E-state index is 0.169. The summed E-state index contributed by atoms with van der Waals surface area (Å²) in [5.41, 5.74) is 6.09. The molecule has 2 aromatic carbocycles. The topological polar surface area (TPSA) is 36.1 Å². The molecule has 1 N–H and O–H groups in total. The second kappa shape index (κ2) is 4.73. The van der Waals surface area contributed by atoms with Crippen molar-refractivity contribution in [2.75, 3.05) is 6.54 Å². The number of nitrogens with zero attached hydrogens (tertiary/aromatic N) is 1. The van der Waals surface area contributed by atoms with Gasteiger partial charge in [0, 0.05) is 29.6 Å². The molecule has 1 fully saturated rings. The molecular weight excluding hydrogens is 296 g/mol. The van der Waals surface area contributed by atoms with E-state index in [0.29, 0.717) is 12.3 Å². The number of hydrogen-bond donors (Lipinski definition) is 1. The Kier molecular flexibility index (Phi) is 2.73. The Morgan fingerprint density at radius 2 is 1.88 bits per heavy atom. The number of carbonyl (C=O) groups excluding carboxylic acids is 1. The van der Waals surface area contributed by atoms with Crippen molar-refractivity contribution in [2.45, 2.75) is 31.7 Å². The highest BCUT2D eigenvalue weighted by atomic mass is 16.2. The van der Waals surface area contributed by atoms with E-state index in [-0.39, 0.29) is 5.54 Å². The lowest BCUT2D eigenvalue weighted by Crippen LogP contribution is -2.41. The minimum atomic E-state index is -0.169. The number of fused-ring (bicyclic) bond motifs is 2. The van der Waals surface area contributed by atoms with Crippen molar-refractivity contribution in [1.82, 2.24) is 9.88 Å². The van der Waals surface area contributed by atoms with Crippen LogP contribution in [-0.2, 0) is 16.8 Å². The van der Waals surface area contributed by atoms with Crippen LogP contribution in [0.4, 0.5) is 0 Å². The molecule has 120 valence electrons. The second-order valence-electron chi connectivity index (χ2n) is 7.14. The van der Waals surface area contributed by atoms with Gasteiger partial charge in [0.25, 0.3) is 0 Å². The molecule has 24 heavy (non-hydrogen) atoms. The molecule has 2 aliphatic heterocycles. The Balaban J connectivity index is 1.82. The van der Waals surface area contributed by atoms with Gasteiger partial charge >= 0.3 is 0 Å². The second-order valence-corrected chi connectivity index (χ2v) is 7.14. The van der Waals surface area contributed by atoms with Crippen LogP contribution in [0.1, 0.15) is 30.9 Å². The first-order chi connectivity index (χ1) is 11.7. The maximum Gasteiger partial charge on any atom is 0.223 e. The fourth-order valence-electron chi connectivity index (χ4n) is 4.64. The number of H-pyrrole nitrogens is 1. The predicted octanol–water partition coefficient (Wildman–Crippen LogP) is 4.23. The molecule has 0 aliphatic carbocycles. The zero-order valence-corrected chi connectivity index (χ0v) is 13.8. The molecule has 1 atom stereocenters. The van der Waals surface area contributed by atoms with Crippen molar-refractivity contribution in [1.29, 1.82) is 0 Å². The van der Waals surface area contributed by atoms with Crippen LogP contribution in [0.3, 0.4) is 0 Å². The van der Waals surface area contributed by atoms with Gasteiger partial charge in [0.2, 0.25) is 5.91 Å². The lowest BCUT2D eigenvalue weighted by Gasteiger charge is -2.34. The molecule has 1 amide bonds. The third-order valence-electron chi connectivity index (χ3n) is 5.88. The van der Waals surface area contributed by atoms with E-state index in [1.807, 2.05) is 6.07 Å². The first-order valence-electron chi connectivity index (χ1n) is 8.68. The maximum absolute atomic E-state index is 12.4. The lowest BCUT2D eigenvalue weighted by atomic mass is 9.86. The van der Waals surface area contributed by atoms with E-state index in [1.54, 1.807) is 0 Å². The normalized spacial score (nSPS) is 22.7. The van der Waals surface area contributed by atoms with Crippen LogP contribution in [0.15, 0.2) is 48.5 Å². The number of amides is 1. The van der Waals surface area contributed by atoms with Gasteiger partial charge < -0.3 is 9.88 Å². The number of nitrogens with one attached hydrogen (secondary N) is 1. The Hall–Kier alpha value is -2.55. The molecular formula is C21H20N2O. The highest BCUT2D eigenvalue weighted by molar-refractivity contribution is 5.95. The predicted molar refractivity (Wildman–Crippen MR) is 95.7 cm³/mol. The largest absolute Gasteiger partial charge is 0.354 e. The molecule has 5 rings (SSSR count). The van der Waals surface area contributed by atoms with Crippen molar-refractivity contribution in [3.05, 3.63) is 59.7 Å². The lowest BCUT2D eigenvalue weighted by molar-refractivity contribution is -0.131. The molecule has 0 radical (unpaired) electrons. The summed E-state index contributed by atoms with van der Waals surface area (Å²) in [4.78, 5) is 18.2. The van der Waals surface area contributed by atoms with Gasteiger partial charge in [-0.15, -0.1) is 0 Å². The fourth-order valence-corrected chi connectivity index (χ4v) is 4.64. The molecule has 0 saturated carbocycles. The Morgan fingerprint density at radius 1 is 1.04 bits per heavy atom. The number of hydrogen-bond acceptors (Lipinski definition) is 1. The van der Waals surface area contributed by atoms with E-state index in [9.17, 15) is 4.79 Å². The van der Waals surface area contributed by atoms with Crippen molar-refractivity contribution in [3.8, 4) is 11.3 Å². The number of rotatable bonds is 1. The van der Waals surface area contributed by atoms with Gasteiger partial charge in [-0.3, -0.25) is 4.79 Å². The summed E-state index contributed by atoms with van der Waals surface area (Å²) in [5, 5.41) is 1.33. The van der Waals surface area contributed by atoms with Crippen LogP contribution in [-0.4, -0.2) is 22.3 Å². The number of aromatic amines is 1. The smallest absolute Gasteiger partial charge is 0.223 e. The molecule has 3 heterocycles. The summed E-state index contributed by atoms with van der Waals surface area (Å²) in [6, 6.07) is 17.0. The Morgan fingerprint density at radius 3 is 2.71 bits per heavy atom. The van der Waals surface area contributed by atoms with E-state index >= 15 is 0 Å². The average Bonchev–Trinajstić information content (AvgIpc) is 3.08. The van der Waals surface area contributed by atoms with E-state index in [4.69, 9.17) is 0 Å². The van der Waals surface area contributed by atoms with Crippen molar-refractivity contribution in [3.63, 3.8) is 0 Å². The quantitative estimate of drug-likeness (QED) is 0.716. The van der Waals surface area contributed by atoms with Crippen molar-refractivity contribution in [2.24, 2.45) is 0 Å². The maximum atomic E-state index is 12.4. The van der Waals surface area contributed by atoms with E-state index < -0.39 is 0 Å². The molecule has 3 nitrogen and oxygen atoms in total. The van der Waals surface area contributed by atoms with E-state index in [1.165, 1.54) is 33.3 Å². The van der Waals surface area contributed by atoms with Crippen LogP contribution < -0.4 is 0 Å². The molecule has 1 unspecified atom stereocenters. The van der Waals surface area contributed by atoms with Crippen LogP contribution in [0.25, 0.3) is 22.2 Å². The monoisotopic (exact) mass is 316 g/mol. The van der Waals surface area contributed by atoms with Gasteiger partial charge in [0.1, 0.15) is 0 Å². The van der Waals surface area contributed by atoms with Gasteiger partial charge in [-0.1, -0.05) is 42.5 Å². The molecule has 3 heteroatoms. The Bertz CT molecular complexity index is 957. The summed E-state index contributed by atoms with van der Waals surface area (Å²) < 4.78 is 0. The zero-order valence-electron chi connectivity index (χ0n) is 13.8. The molecule has 0 bridgehead atoms. The van der Waals surface area contributed by atoms with E-state index in [0.717, 1.165) is 19.4 Å². The van der Waals surface area contributed by atoms with Gasteiger partial charge in [-0.05, 0) is 42.5 Å². The summed E-state index contributed by atoms with van der Waals surface area (Å²) in [5.74, 6) is 0.296. The van der Waals surface area contributed by atoms with Crippen LogP contribution >= 0.6 is 0 Å². The standard InChI is InChI=1S/C21H20N2O/c1-21-12-10-18(24)23(21)13-11-15-19-16(21)8-5-9-17(19)22-20(15)14-6-3-2-4-7-14/h2-9,22H,10-13H2,1H3. The zero-order chi connectivity index (χ0) is 16.3. The average molecular weight is 316 g/mol. The molecule has 3 aromatic rings. The van der Waals surface area contributed by atoms with Gasteiger partial charge in [-0.2, -0.15) is 0 Å². The minimum Gasteiger partial charge on any atom is -0.354 e. The summed E-state index contributed by atoms with van der Waals surface area (Å²) >= 11 is 0. The SMILES string of the molecule is CC12CCC(=O)N1CCc1c(-c3ccccc3)[nH]c3cccc2c13. The van der Waals surface area contributed by atoms with E-state index in [2.05, 4.69) is 59.3 Å². The Labute approximate surface area is 141 Å². The van der Waals surface area contributed by atoms with Crippen LogP contribution in [0.2, 0.25) is 0 Å². The van der Waals surface area contributed by atoms with Crippen LogP contribution in [0.5, 0.6) is 0 Å².